The predicted molar refractivity (Wildman–Crippen MR) is 71.3 cm³/mol. The molecule has 1 aromatic carbocycles. The summed E-state index contributed by atoms with van der Waals surface area (Å²) in [6.07, 6.45) is 2.93. The van der Waals surface area contributed by atoms with Crippen LogP contribution < -0.4 is 0 Å². The standard InChI is InChI=1S/C14H19ClFNO/c1-2-3-7-17-8-6-14(18,10-17)12-5-4-11(16)9-13(12)15/h4-5,9,18H,2-3,6-8,10H2,1H3. The van der Waals surface area contributed by atoms with Crippen LogP contribution in [0.25, 0.3) is 0 Å². The fraction of sp³-hybridized carbons (Fsp3) is 0.571. The van der Waals surface area contributed by atoms with Crippen LogP contribution in [0.15, 0.2) is 18.2 Å². The van der Waals surface area contributed by atoms with Crippen molar-refractivity contribution in [3.05, 3.63) is 34.6 Å². The number of hydrogen-bond acceptors (Lipinski definition) is 2. The molecule has 2 rings (SSSR count). The summed E-state index contributed by atoms with van der Waals surface area (Å²) in [7, 11) is 0. The second-order valence-corrected chi connectivity index (χ2v) is 5.44. The molecule has 2 nitrogen and oxygen atoms in total. The molecule has 100 valence electrons. The van der Waals surface area contributed by atoms with Crippen molar-refractivity contribution >= 4 is 11.6 Å². The summed E-state index contributed by atoms with van der Waals surface area (Å²) in [4.78, 5) is 2.24. The summed E-state index contributed by atoms with van der Waals surface area (Å²) in [5, 5.41) is 11.0. The van der Waals surface area contributed by atoms with Gasteiger partial charge in [-0.05, 0) is 31.5 Å². The molecule has 18 heavy (non-hydrogen) atoms. The van der Waals surface area contributed by atoms with Crippen molar-refractivity contribution < 1.29 is 9.50 Å². The van der Waals surface area contributed by atoms with E-state index in [9.17, 15) is 9.50 Å². The minimum atomic E-state index is -0.932. The SMILES string of the molecule is CCCCN1CCC(O)(c2ccc(F)cc2Cl)C1. The summed E-state index contributed by atoms with van der Waals surface area (Å²) in [5.41, 5.74) is -0.289. The zero-order valence-corrected chi connectivity index (χ0v) is 11.4. The molecule has 1 atom stereocenters. The minimum Gasteiger partial charge on any atom is -0.384 e. The van der Waals surface area contributed by atoms with Crippen molar-refractivity contribution in [3.8, 4) is 0 Å². The monoisotopic (exact) mass is 271 g/mol. The Bertz CT molecular complexity index is 426. The maximum atomic E-state index is 13.0. The first-order chi connectivity index (χ1) is 8.55. The molecule has 4 heteroatoms. The van der Waals surface area contributed by atoms with E-state index in [1.165, 1.54) is 12.1 Å². The van der Waals surface area contributed by atoms with E-state index in [0.717, 1.165) is 25.9 Å². The second kappa shape index (κ2) is 5.55. The van der Waals surface area contributed by atoms with Crippen LogP contribution in [-0.4, -0.2) is 29.6 Å². The van der Waals surface area contributed by atoms with Gasteiger partial charge >= 0.3 is 0 Å². The van der Waals surface area contributed by atoms with Crippen LogP contribution in [0.2, 0.25) is 5.02 Å². The van der Waals surface area contributed by atoms with Crippen molar-refractivity contribution in [2.45, 2.75) is 31.8 Å². The highest BCUT2D eigenvalue weighted by atomic mass is 35.5. The number of rotatable bonds is 4. The number of benzene rings is 1. The maximum absolute atomic E-state index is 13.0. The molecule has 1 saturated heterocycles. The molecule has 1 unspecified atom stereocenters. The number of unbranched alkanes of at least 4 members (excludes halogenated alkanes) is 1. The van der Waals surface area contributed by atoms with Gasteiger partial charge in [0.1, 0.15) is 11.4 Å². The van der Waals surface area contributed by atoms with Gasteiger partial charge in [0.15, 0.2) is 0 Å². The number of β-amino-alcohol motifs (C(OH)–C–C–N with tert-alkyl or cyclic N) is 1. The highest BCUT2D eigenvalue weighted by Gasteiger charge is 2.38. The zero-order valence-electron chi connectivity index (χ0n) is 10.6. The van der Waals surface area contributed by atoms with E-state index in [1.54, 1.807) is 6.07 Å². The number of nitrogens with zero attached hydrogens (tertiary/aromatic N) is 1. The van der Waals surface area contributed by atoms with E-state index in [4.69, 9.17) is 11.6 Å². The Morgan fingerprint density at radius 3 is 2.94 bits per heavy atom. The molecule has 1 aliphatic heterocycles. The van der Waals surface area contributed by atoms with Gasteiger partial charge in [0.2, 0.25) is 0 Å². The summed E-state index contributed by atoms with van der Waals surface area (Å²) >= 11 is 6.03. The lowest BCUT2D eigenvalue weighted by Crippen LogP contribution is -2.31. The average Bonchev–Trinajstić information content (AvgIpc) is 2.69. The molecule has 0 aliphatic carbocycles. The summed E-state index contributed by atoms with van der Waals surface area (Å²) in [5.74, 6) is -0.367. The molecule has 1 heterocycles. The van der Waals surface area contributed by atoms with Crippen molar-refractivity contribution in [2.75, 3.05) is 19.6 Å². The van der Waals surface area contributed by atoms with Gasteiger partial charge in [-0.3, -0.25) is 0 Å². The molecule has 1 N–H and O–H groups in total. The summed E-state index contributed by atoms with van der Waals surface area (Å²) < 4.78 is 13.0. The van der Waals surface area contributed by atoms with E-state index < -0.39 is 5.60 Å². The van der Waals surface area contributed by atoms with E-state index in [2.05, 4.69) is 11.8 Å². The van der Waals surface area contributed by atoms with Crippen molar-refractivity contribution in [1.82, 2.24) is 4.90 Å². The van der Waals surface area contributed by atoms with Gasteiger partial charge in [0.05, 0.1) is 0 Å². The van der Waals surface area contributed by atoms with Crippen molar-refractivity contribution in [2.24, 2.45) is 0 Å². The van der Waals surface area contributed by atoms with E-state index in [-0.39, 0.29) is 5.82 Å². The van der Waals surface area contributed by atoms with Gasteiger partial charge in [-0.1, -0.05) is 31.0 Å². The molecule has 0 spiro atoms. The zero-order chi connectivity index (χ0) is 13.2. The summed E-state index contributed by atoms with van der Waals surface area (Å²) in [6, 6.07) is 4.22. The number of hydrogen-bond donors (Lipinski definition) is 1. The van der Waals surface area contributed by atoms with Crippen LogP contribution in [0.4, 0.5) is 4.39 Å². The molecule has 0 amide bonds. The van der Waals surface area contributed by atoms with Gasteiger partial charge in [-0.25, -0.2) is 4.39 Å². The molecule has 0 bridgehead atoms. The Labute approximate surface area is 112 Å². The van der Waals surface area contributed by atoms with E-state index in [0.29, 0.717) is 23.6 Å². The van der Waals surface area contributed by atoms with Gasteiger partial charge in [0.25, 0.3) is 0 Å². The van der Waals surface area contributed by atoms with Crippen molar-refractivity contribution in [3.63, 3.8) is 0 Å². The molecule has 1 aromatic rings. The normalized spacial score (nSPS) is 24.7. The third-order valence-electron chi connectivity index (χ3n) is 3.59. The number of halogens is 2. The van der Waals surface area contributed by atoms with Crippen molar-refractivity contribution in [1.29, 1.82) is 0 Å². The minimum absolute atomic E-state index is 0.315. The molecule has 0 aromatic heterocycles. The average molecular weight is 272 g/mol. The third-order valence-corrected chi connectivity index (χ3v) is 3.90. The van der Waals surface area contributed by atoms with Crippen LogP contribution in [-0.2, 0) is 5.60 Å². The lowest BCUT2D eigenvalue weighted by Gasteiger charge is -2.25. The Balaban J connectivity index is 2.12. The van der Waals surface area contributed by atoms with Crippen LogP contribution in [0.5, 0.6) is 0 Å². The third kappa shape index (κ3) is 2.85. The lowest BCUT2D eigenvalue weighted by atomic mass is 9.93. The lowest BCUT2D eigenvalue weighted by molar-refractivity contribution is 0.0460. The number of likely N-dealkylation sites (tertiary alicyclic amines) is 1. The Kier molecular flexibility index (Phi) is 4.25. The molecular formula is C14H19ClFNO. The molecule has 1 aliphatic rings. The maximum Gasteiger partial charge on any atom is 0.124 e. The Morgan fingerprint density at radius 1 is 1.50 bits per heavy atom. The summed E-state index contributed by atoms with van der Waals surface area (Å²) in [6.45, 7) is 4.60. The molecular weight excluding hydrogens is 253 g/mol. The van der Waals surface area contributed by atoms with E-state index in [1.807, 2.05) is 0 Å². The van der Waals surface area contributed by atoms with Crippen LogP contribution >= 0.6 is 11.6 Å². The first-order valence-corrected chi connectivity index (χ1v) is 6.83. The number of aliphatic hydroxyl groups is 1. The topological polar surface area (TPSA) is 23.5 Å². The highest BCUT2D eigenvalue weighted by Crippen LogP contribution is 2.36. The smallest absolute Gasteiger partial charge is 0.124 e. The van der Waals surface area contributed by atoms with Crippen LogP contribution in [0.1, 0.15) is 31.7 Å². The predicted octanol–water partition coefficient (Wildman–Crippen LogP) is 3.17. The Morgan fingerprint density at radius 2 is 2.28 bits per heavy atom. The van der Waals surface area contributed by atoms with Gasteiger partial charge in [0, 0.05) is 23.7 Å². The quantitative estimate of drug-likeness (QED) is 0.909. The fourth-order valence-electron chi connectivity index (χ4n) is 2.53. The first-order valence-electron chi connectivity index (χ1n) is 6.45. The molecule has 1 fully saturated rings. The largest absolute Gasteiger partial charge is 0.384 e. The van der Waals surface area contributed by atoms with Gasteiger partial charge in [-0.2, -0.15) is 0 Å². The molecule has 0 saturated carbocycles. The molecule has 0 radical (unpaired) electrons. The van der Waals surface area contributed by atoms with Crippen LogP contribution in [0.3, 0.4) is 0 Å². The second-order valence-electron chi connectivity index (χ2n) is 5.04. The van der Waals surface area contributed by atoms with E-state index >= 15 is 0 Å². The highest BCUT2D eigenvalue weighted by molar-refractivity contribution is 6.31. The van der Waals surface area contributed by atoms with Gasteiger partial charge in [-0.15, -0.1) is 0 Å². The Hall–Kier alpha value is -0.640. The van der Waals surface area contributed by atoms with Crippen LogP contribution in [0, 0.1) is 5.82 Å². The first kappa shape index (κ1) is 13.8. The van der Waals surface area contributed by atoms with Gasteiger partial charge < -0.3 is 10.0 Å². The fourth-order valence-corrected chi connectivity index (χ4v) is 2.87.